The molecule has 0 saturated heterocycles. The van der Waals surface area contributed by atoms with Gasteiger partial charge in [0.25, 0.3) is 0 Å². The zero-order valence-corrected chi connectivity index (χ0v) is 16.7. The first-order valence-electron chi connectivity index (χ1n) is 9.59. The molecule has 0 saturated carbocycles. The van der Waals surface area contributed by atoms with E-state index in [1.165, 1.54) is 28.8 Å². The molecule has 10 nitrogen and oxygen atoms in total. The maximum Gasteiger partial charge on any atom is 0.333 e. The number of nitrogens with zero attached hydrogens (tertiary/aromatic N) is 4. The minimum Gasteiger partial charge on any atom is -0.366 e. The highest BCUT2D eigenvalue weighted by Gasteiger charge is 2.26. The fourth-order valence-electron chi connectivity index (χ4n) is 3.36. The summed E-state index contributed by atoms with van der Waals surface area (Å²) < 4.78 is 2.19. The van der Waals surface area contributed by atoms with E-state index in [2.05, 4.69) is 10.4 Å². The molecule has 10 heteroatoms. The summed E-state index contributed by atoms with van der Waals surface area (Å²) in [5.41, 5.74) is 6.26. The predicted molar refractivity (Wildman–Crippen MR) is 115 cm³/mol. The van der Waals surface area contributed by atoms with E-state index in [1.807, 2.05) is 36.1 Å². The molecule has 0 spiro atoms. The Morgan fingerprint density at radius 2 is 1.68 bits per heavy atom. The van der Waals surface area contributed by atoms with E-state index in [-0.39, 0.29) is 0 Å². The van der Waals surface area contributed by atoms with Gasteiger partial charge in [-0.3, -0.25) is 23.7 Å². The number of primary amides is 1. The van der Waals surface area contributed by atoms with E-state index in [9.17, 15) is 19.2 Å². The maximum absolute atomic E-state index is 12.5. The number of nitrogens with two attached hydrogens (primary N) is 1. The number of aryl methyl sites for hydroxylation is 1. The molecule has 3 N–H and O–H groups in total. The summed E-state index contributed by atoms with van der Waals surface area (Å²) in [7, 11) is 0. The number of amides is 2. The topological polar surface area (TPSA) is 132 Å². The predicted octanol–water partition coefficient (Wildman–Crippen LogP) is 0.603. The highest BCUT2D eigenvalue weighted by Crippen LogP contribution is 2.26. The lowest BCUT2D eigenvalue weighted by Crippen LogP contribution is -2.44. The lowest BCUT2D eigenvalue weighted by Gasteiger charge is -2.18. The molecule has 0 unspecified atom stereocenters. The summed E-state index contributed by atoms with van der Waals surface area (Å²) >= 11 is 0. The SMILES string of the molecule is Cc1ccc(N2CCn3c2nn(CC(=O)Nc2ccc(C(N)=O)cc2)c(=O)c3=O)cc1. The summed E-state index contributed by atoms with van der Waals surface area (Å²) in [6.07, 6.45) is 0. The van der Waals surface area contributed by atoms with Crippen molar-refractivity contribution in [1.82, 2.24) is 14.3 Å². The molecular formula is C21H20N6O4. The molecule has 0 radical (unpaired) electrons. The van der Waals surface area contributed by atoms with Crippen molar-refractivity contribution in [2.45, 2.75) is 20.0 Å². The zero-order valence-electron chi connectivity index (χ0n) is 16.7. The van der Waals surface area contributed by atoms with Gasteiger partial charge in [-0.2, -0.15) is 0 Å². The van der Waals surface area contributed by atoms with E-state index in [0.29, 0.717) is 30.3 Å². The first kappa shape index (κ1) is 20.1. The third-order valence-electron chi connectivity index (χ3n) is 4.99. The van der Waals surface area contributed by atoms with Crippen LogP contribution in [0.4, 0.5) is 17.3 Å². The van der Waals surface area contributed by atoms with Crippen LogP contribution in [0.3, 0.4) is 0 Å². The summed E-state index contributed by atoms with van der Waals surface area (Å²) in [6, 6.07) is 13.7. The van der Waals surface area contributed by atoms with Crippen LogP contribution in [0, 0.1) is 6.92 Å². The van der Waals surface area contributed by atoms with Crippen molar-refractivity contribution in [2.24, 2.45) is 5.73 Å². The Hall–Kier alpha value is -4.21. The second-order valence-corrected chi connectivity index (χ2v) is 7.20. The normalized spacial score (nSPS) is 12.5. The van der Waals surface area contributed by atoms with Gasteiger partial charge in [0.2, 0.25) is 17.8 Å². The van der Waals surface area contributed by atoms with Crippen LogP contribution >= 0.6 is 0 Å². The van der Waals surface area contributed by atoms with Crippen LogP contribution in [0.1, 0.15) is 15.9 Å². The third-order valence-corrected chi connectivity index (χ3v) is 4.99. The van der Waals surface area contributed by atoms with Crippen LogP contribution in [0.2, 0.25) is 0 Å². The average molecular weight is 420 g/mol. The first-order valence-corrected chi connectivity index (χ1v) is 9.59. The van der Waals surface area contributed by atoms with Crippen molar-refractivity contribution >= 4 is 29.1 Å². The van der Waals surface area contributed by atoms with Crippen molar-refractivity contribution in [3.05, 3.63) is 80.4 Å². The maximum atomic E-state index is 12.5. The number of anilines is 3. The molecule has 0 bridgehead atoms. The number of hydrogen-bond donors (Lipinski definition) is 2. The minimum absolute atomic E-state index is 0.304. The van der Waals surface area contributed by atoms with Gasteiger partial charge in [-0.05, 0) is 43.3 Å². The van der Waals surface area contributed by atoms with Gasteiger partial charge >= 0.3 is 11.1 Å². The summed E-state index contributed by atoms with van der Waals surface area (Å²) in [6.45, 7) is 2.38. The van der Waals surface area contributed by atoms with E-state index < -0.39 is 29.5 Å². The Bertz CT molecular complexity index is 1280. The molecule has 0 fully saturated rings. The Morgan fingerprint density at radius 3 is 2.32 bits per heavy atom. The molecule has 0 aliphatic carbocycles. The van der Waals surface area contributed by atoms with Gasteiger partial charge < -0.3 is 16.0 Å². The third kappa shape index (κ3) is 3.95. The molecule has 1 aliphatic heterocycles. The van der Waals surface area contributed by atoms with Crippen molar-refractivity contribution < 1.29 is 9.59 Å². The van der Waals surface area contributed by atoms with E-state index >= 15 is 0 Å². The molecular weight excluding hydrogens is 400 g/mol. The second kappa shape index (κ2) is 7.90. The van der Waals surface area contributed by atoms with Crippen LogP contribution in [-0.2, 0) is 17.9 Å². The first-order chi connectivity index (χ1) is 14.8. The molecule has 3 aromatic rings. The fraction of sp³-hybridized carbons (Fsp3) is 0.190. The molecule has 1 aliphatic rings. The average Bonchev–Trinajstić information content (AvgIpc) is 3.16. The van der Waals surface area contributed by atoms with Crippen LogP contribution < -0.4 is 27.1 Å². The summed E-state index contributed by atoms with van der Waals surface area (Å²) in [5.74, 6) is -0.803. The number of carbonyl (C=O) groups is 2. The molecule has 2 heterocycles. The Kier molecular flexibility index (Phi) is 5.12. The summed E-state index contributed by atoms with van der Waals surface area (Å²) in [4.78, 5) is 50.4. The van der Waals surface area contributed by atoms with Gasteiger partial charge in [0.05, 0.1) is 0 Å². The van der Waals surface area contributed by atoms with Gasteiger partial charge in [0.1, 0.15) is 6.54 Å². The number of fused-ring (bicyclic) bond motifs is 1. The molecule has 0 atom stereocenters. The zero-order chi connectivity index (χ0) is 22.1. The van der Waals surface area contributed by atoms with Crippen molar-refractivity contribution in [3.8, 4) is 0 Å². The van der Waals surface area contributed by atoms with E-state index in [4.69, 9.17) is 5.73 Å². The monoisotopic (exact) mass is 420 g/mol. The highest BCUT2D eigenvalue weighted by atomic mass is 16.2. The van der Waals surface area contributed by atoms with Crippen LogP contribution in [-0.4, -0.2) is 32.7 Å². The number of hydrogen-bond acceptors (Lipinski definition) is 6. The van der Waals surface area contributed by atoms with Gasteiger partial charge in [-0.1, -0.05) is 17.7 Å². The quantitative estimate of drug-likeness (QED) is 0.581. The highest BCUT2D eigenvalue weighted by molar-refractivity contribution is 5.94. The lowest BCUT2D eigenvalue weighted by atomic mass is 10.2. The Balaban J connectivity index is 1.58. The Labute approximate surface area is 176 Å². The van der Waals surface area contributed by atoms with Crippen LogP contribution in [0.15, 0.2) is 58.1 Å². The minimum atomic E-state index is -0.867. The van der Waals surface area contributed by atoms with E-state index in [0.717, 1.165) is 15.9 Å². The molecule has 2 aromatic carbocycles. The molecule has 1 aromatic heterocycles. The molecule has 2 amide bonds. The van der Waals surface area contributed by atoms with Gasteiger partial charge in [-0.25, -0.2) is 4.68 Å². The molecule has 31 heavy (non-hydrogen) atoms. The number of aromatic nitrogens is 3. The lowest BCUT2D eigenvalue weighted by molar-refractivity contribution is -0.117. The Morgan fingerprint density at radius 1 is 1.00 bits per heavy atom. The second-order valence-electron chi connectivity index (χ2n) is 7.20. The van der Waals surface area contributed by atoms with Gasteiger partial charge in [-0.15, -0.1) is 5.10 Å². The number of rotatable bonds is 5. The molecule has 158 valence electrons. The van der Waals surface area contributed by atoms with E-state index in [1.54, 1.807) is 0 Å². The van der Waals surface area contributed by atoms with Crippen LogP contribution in [0.25, 0.3) is 0 Å². The molecule has 4 rings (SSSR count). The van der Waals surface area contributed by atoms with Gasteiger partial charge in [0.15, 0.2) is 0 Å². The van der Waals surface area contributed by atoms with Crippen molar-refractivity contribution in [2.75, 3.05) is 16.8 Å². The number of nitrogens with one attached hydrogen (secondary N) is 1. The number of benzene rings is 2. The van der Waals surface area contributed by atoms with Crippen molar-refractivity contribution in [3.63, 3.8) is 0 Å². The smallest absolute Gasteiger partial charge is 0.333 e. The largest absolute Gasteiger partial charge is 0.366 e. The van der Waals surface area contributed by atoms with Crippen LogP contribution in [0.5, 0.6) is 0 Å². The summed E-state index contributed by atoms with van der Waals surface area (Å²) in [5, 5.41) is 6.89. The van der Waals surface area contributed by atoms with Crippen molar-refractivity contribution in [1.29, 1.82) is 0 Å². The number of carbonyl (C=O) groups excluding carboxylic acids is 2. The standard InChI is InChI=1S/C21H20N6O4/c1-13-2-8-16(9-3-13)25-10-11-26-19(30)20(31)27(24-21(25)26)12-17(28)23-15-6-4-14(5-7-15)18(22)29/h2-9H,10-12H2,1H3,(H2,22,29)(H,23,28). The van der Waals surface area contributed by atoms with Gasteiger partial charge in [0, 0.05) is 30.0 Å². The fourth-order valence-corrected chi connectivity index (χ4v) is 3.36.